The van der Waals surface area contributed by atoms with E-state index < -0.39 is 8.32 Å². The van der Waals surface area contributed by atoms with Crippen LogP contribution in [-0.4, -0.2) is 28.1 Å². The lowest BCUT2D eigenvalue weighted by molar-refractivity contribution is -0.0850. The molecule has 148 valence electrons. The molecule has 0 aliphatic heterocycles. The van der Waals surface area contributed by atoms with Gasteiger partial charge in [-0.3, -0.25) is 0 Å². The zero-order valence-electron chi connectivity index (χ0n) is 17.6. The van der Waals surface area contributed by atoms with E-state index in [0.717, 1.165) is 11.1 Å². The van der Waals surface area contributed by atoms with Crippen LogP contribution in [0.2, 0.25) is 18.1 Å². The molecule has 0 aromatic heterocycles. The highest BCUT2D eigenvalue weighted by Crippen LogP contribution is 2.37. The van der Waals surface area contributed by atoms with E-state index in [9.17, 15) is 0 Å². The van der Waals surface area contributed by atoms with Crippen molar-refractivity contribution < 1.29 is 13.9 Å². The second-order valence-electron chi connectivity index (χ2n) is 8.47. The van der Waals surface area contributed by atoms with Gasteiger partial charge in [-0.2, -0.15) is 0 Å². The Labute approximate surface area is 165 Å². The number of hydrogen-bond acceptors (Lipinski definition) is 3. The maximum atomic E-state index is 6.48. The van der Waals surface area contributed by atoms with Crippen molar-refractivity contribution >= 4 is 8.32 Å². The maximum Gasteiger partial charge on any atom is 0.192 e. The molecule has 0 unspecified atom stereocenters. The molecule has 0 saturated carbocycles. The zero-order chi connectivity index (χ0) is 19.9. The normalized spacial score (nSPS) is 14.7. The molecule has 0 bridgehead atoms. The summed E-state index contributed by atoms with van der Waals surface area (Å²) in [4.78, 5) is 0. The molecule has 0 radical (unpaired) electrons. The first-order valence-electron chi connectivity index (χ1n) is 9.62. The zero-order valence-corrected chi connectivity index (χ0v) is 18.6. The van der Waals surface area contributed by atoms with Crippen LogP contribution >= 0.6 is 0 Å². The van der Waals surface area contributed by atoms with Crippen LogP contribution in [0.4, 0.5) is 0 Å². The lowest BCUT2D eigenvalue weighted by Gasteiger charge is -2.38. The molecule has 0 amide bonds. The molecule has 0 N–H and O–H groups in total. The van der Waals surface area contributed by atoms with E-state index in [1.165, 1.54) is 0 Å². The van der Waals surface area contributed by atoms with E-state index in [4.69, 9.17) is 13.9 Å². The Morgan fingerprint density at radius 3 is 1.96 bits per heavy atom. The van der Waals surface area contributed by atoms with Gasteiger partial charge in [0.25, 0.3) is 0 Å². The average Bonchev–Trinajstić information content (AvgIpc) is 2.64. The summed E-state index contributed by atoms with van der Waals surface area (Å²) in [5, 5.41) is 0.159. The fourth-order valence-corrected chi connectivity index (χ4v) is 3.67. The molecule has 3 nitrogen and oxygen atoms in total. The van der Waals surface area contributed by atoms with Crippen molar-refractivity contribution in [3.63, 3.8) is 0 Å². The van der Waals surface area contributed by atoms with Gasteiger partial charge in [0, 0.05) is 7.11 Å². The van der Waals surface area contributed by atoms with E-state index in [-0.39, 0.29) is 17.2 Å². The highest BCUT2D eigenvalue weighted by molar-refractivity contribution is 6.74. The third-order valence-corrected chi connectivity index (χ3v) is 9.94. The molecular weight excluding hydrogens is 352 g/mol. The third-order valence-electron chi connectivity index (χ3n) is 5.44. The summed E-state index contributed by atoms with van der Waals surface area (Å²) in [5.74, 6) is 0. The van der Waals surface area contributed by atoms with Crippen molar-refractivity contribution in [2.75, 3.05) is 13.7 Å². The van der Waals surface area contributed by atoms with Crippen molar-refractivity contribution in [1.82, 2.24) is 0 Å². The van der Waals surface area contributed by atoms with Crippen LogP contribution in [0.25, 0.3) is 0 Å². The minimum atomic E-state index is -1.87. The fourth-order valence-electron chi connectivity index (χ4n) is 2.65. The molecule has 4 heteroatoms. The van der Waals surface area contributed by atoms with Gasteiger partial charge < -0.3 is 13.9 Å². The molecule has 0 heterocycles. The first kappa shape index (κ1) is 21.8. The van der Waals surface area contributed by atoms with Gasteiger partial charge in [-0.1, -0.05) is 81.4 Å². The predicted octanol–water partition coefficient (Wildman–Crippen LogP) is 5.98. The van der Waals surface area contributed by atoms with Crippen LogP contribution in [0.5, 0.6) is 0 Å². The highest BCUT2D eigenvalue weighted by atomic mass is 28.4. The monoisotopic (exact) mass is 386 g/mol. The SMILES string of the molecule is CO[C@H](c1ccccc1)[C@H](CO[Si](C)(C)C(C)(C)C)OCc1ccccc1. The molecule has 27 heavy (non-hydrogen) atoms. The maximum absolute atomic E-state index is 6.48. The van der Waals surface area contributed by atoms with Gasteiger partial charge in [0.1, 0.15) is 12.2 Å². The van der Waals surface area contributed by atoms with Crippen LogP contribution in [0, 0.1) is 0 Å². The van der Waals surface area contributed by atoms with E-state index in [2.05, 4.69) is 58.1 Å². The van der Waals surface area contributed by atoms with Crippen LogP contribution in [0.15, 0.2) is 60.7 Å². The van der Waals surface area contributed by atoms with Crippen molar-refractivity contribution in [1.29, 1.82) is 0 Å². The van der Waals surface area contributed by atoms with Gasteiger partial charge in [0.15, 0.2) is 8.32 Å². The molecule has 0 fully saturated rings. The smallest absolute Gasteiger partial charge is 0.192 e. The molecule has 0 saturated heterocycles. The minimum Gasteiger partial charge on any atom is -0.414 e. The molecule has 0 aliphatic carbocycles. The second kappa shape index (κ2) is 9.65. The standard InChI is InChI=1S/C23H34O3Si/c1-23(2,3)27(5,6)26-18-21(25-17-19-13-9-7-10-14-19)22(24-4)20-15-11-8-12-16-20/h7-16,21-22H,17-18H2,1-6H3/t21-,22+/m0/s1. The predicted molar refractivity (Wildman–Crippen MR) is 114 cm³/mol. The van der Waals surface area contributed by atoms with Gasteiger partial charge >= 0.3 is 0 Å². The number of benzene rings is 2. The topological polar surface area (TPSA) is 27.7 Å². The third kappa shape index (κ3) is 6.28. The molecule has 2 atom stereocenters. The summed E-state index contributed by atoms with van der Waals surface area (Å²) >= 11 is 0. The number of methoxy groups -OCH3 is 1. The van der Waals surface area contributed by atoms with Gasteiger partial charge in [0.05, 0.1) is 13.2 Å². The lowest BCUT2D eigenvalue weighted by Crippen LogP contribution is -2.44. The molecule has 2 aromatic carbocycles. The minimum absolute atomic E-state index is 0.159. The van der Waals surface area contributed by atoms with E-state index >= 15 is 0 Å². The Morgan fingerprint density at radius 1 is 0.889 bits per heavy atom. The Kier molecular flexibility index (Phi) is 7.80. The molecule has 0 aliphatic rings. The first-order valence-corrected chi connectivity index (χ1v) is 12.5. The van der Waals surface area contributed by atoms with Gasteiger partial charge in [-0.05, 0) is 29.3 Å². The van der Waals surface area contributed by atoms with Crippen LogP contribution < -0.4 is 0 Å². The van der Waals surface area contributed by atoms with Gasteiger partial charge in [0.2, 0.25) is 0 Å². The largest absolute Gasteiger partial charge is 0.414 e. The summed E-state index contributed by atoms with van der Waals surface area (Å²) < 4.78 is 18.6. The summed E-state index contributed by atoms with van der Waals surface area (Å²) in [6, 6.07) is 20.5. The summed E-state index contributed by atoms with van der Waals surface area (Å²) in [6.07, 6.45) is -0.341. The molecular formula is C23H34O3Si. The van der Waals surface area contributed by atoms with Crippen molar-refractivity contribution in [2.45, 2.75) is 57.7 Å². The number of hydrogen-bond donors (Lipinski definition) is 0. The first-order chi connectivity index (χ1) is 12.7. The highest BCUT2D eigenvalue weighted by Gasteiger charge is 2.38. The van der Waals surface area contributed by atoms with Crippen LogP contribution in [0.3, 0.4) is 0 Å². The molecule has 2 rings (SSSR count). The summed E-state index contributed by atoms with van der Waals surface area (Å²) in [7, 11) is -0.132. The van der Waals surface area contributed by atoms with Crippen LogP contribution in [0.1, 0.15) is 38.0 Å². The molecule has 2 aromatic rings. The van der Waals surface area contributed by atoms with Crippen LogP contribution in [-0.2, 0) is 20.5 Å². The lowest BCUT2D eigenvalue weighted by atomic mass is 10.0. The Bertz CT molecular complexity index is 665. The van der Waals surface area contributed by atoms with E-state index in [1.54, 1.807) is 7.11 Å². The number of rotatable bonds is 9. The van der Waals surface area contributed by atoms with E-state index in [0.29, 0.717) is 13.2 Å². The molecule has 0 spiro atoms. The van der Waals surface area contributed by atoms with Gasteiger partial charge in [-0.25, -0.2) is 0 Å². The second-order valence-corrected chi connectivity index (χ2v) is 13.3. The quantitative estimate of drug-likeness (QED) is 0.496. The summed E-state index contributed by atoms with van der Waals surface area (Å²) in [6.45, 7) is 12.4. The van der Waals surface area contributed by atoms with Crippen molar-refractivity contribution in [3.8, 4) is 0 Å². The van der Waals surface area contributed by atoms with E-state index in [1.807, 2.05) is 36.4 Å². The Hall–Kier alpha value is -1.46. The summed E-state index contributed by atoms with van der Waals surface area (Å²) in [5.41, 5.74) is 2.26. The Morgan fingerprint density at radius 2 is 1.44 bits per heavy atom. The van der Waals surface area contributed by atoms with Crippen molar-refractivity contribution in [2.24, 2.45) is 0 Å². The fraction of sp³-hybridized carbons (Fsp3) is 0.478. The van der Waals surface area contributed by atoms with Crippen molar-refractivity contribution in [3.05, 3.63) is 71.8 Å². The Balaban J connectivity index is 2.16. The average molecular weight is 387 g/mol. The number of ether oxygens (including phenoxy) is 2. The van der Waals surface area contributed by atoms with Gasteiger partial charge in [-0.15, -0.1) is 0 Å².